The topological polar surface area (TPSA) is 120 Å². The fourth-order valence-electron chi connectivity index (χ4n) is 2.79. The van der Waals surface area contributed by atoms with Crippen LogP contribution in [0.15, 0.2) is 60.9 Å². The average molecular weight is 396 g/mol. The smallest absolute Gasteiger partial charge is 0.270 e. The number of ether oxygens (including phenoxy) is 1. The highest BCUT2D eigenvalue weighted by Crippen LogP contribution is 2.23. The van der Waals surface area contributed by atoms with Gasteiger partial charge in [0.25, 0.3) is 5.69 Å². The van der Waals surface area contributed by atoms with Crippen molar-refractivity contribution in [3.05, 3.63) is 71.0 Å². The van der Waals surface area contributed by atoms with E-state index in [9.17, 15) is 20.0 Å². The van der Waals surface area contributed by atoms with Gasteiger partial charge in [0.15, 0.2) is 0 Å². The van der Waals surface area contributed by atoms with Crippen LogP contribution < -0.4 is 10.1 Å². The van der Waals surface area contributed by atoms with Gasteiger partial charge in [0.05, 0.1) is 11.5 Å². The van der Waals surface area contributed by atoms with Crippen LogP contribution in [0.1, 0.15) is 6.92 Å². The van der Waals surface area contributed by atoms with E-state index in [4.69, 9.17) is 4.74 Å². The first-order chi connectivity index (χ1) is 13.9. The van der Waals surface area contributed by atoms with Crippen molar-refractivity contribution in [3.63, 3.8) is 0 Å². The van der Waals surface area contributed by atoms with Gasteiger partial charge in [-0.15, -0.1) is 0 Å². The molecule has 1 unspecified atom stereocenters. The number of hydrogen-bond acceptors (Lipinski definition) is 6. The second-order valence-electron chi connectivity index (χ2n) is 6.38. The summed E-state index contributed by atoms with van der Waals surface area (Å²) in [6.45, 7) is 1.69. The normalized spacial score (nSPS) is 11.7. The number of anilines is 1. The molecule has 3 aromatic rings. The number of rotatable bonds is 8. The molecule has 150 valence electrons. The van der Waals surface area contributed by atoms with Crippen LogP contribution in [0.25, 0.3) is 11.4 Å². The maximum atomic E-state index is 11.0. The molecular weight excluding hydrogens is 376 g/mol. The molecule has 0 saturated heterocycles. The van der Waals surface area contributed by atoms with E-state index in [-0.39, 0.29) is 24.7 Å². The van der Waals surface area contributed by atoms with Crippen molar-refractivity contribution in [1.82, 2.24) is 9.55 Å². The van der Waals surface area contributed by atoms with Crippen molar-refractivity contribution in [1.29, 1.82) is 0 Å². The van der Waals surface area contributed by atoms with E-state index in [1.54, 1.807) is 53.4 Å². The molecule has 0 aliphatic carbocycles. The van der Waals surface area contributed by atoms with Crippen molar-refractivity contribution in [2.24, 2.45) is 0 Å². The first kappa shape index (κ1) is 20.0. The summed E-state index contributed by atoms with van der Waals surface area (Å²) in [7, 11) is 0. The predicted molar refractivity (Wildman–Crippen MR) is 107 cm³/mol. The molecule has 9 nitrogen and oxygen atoms in total. The second-order valence-corrected chi connectivity index (χ2v) is 6.38. The number of hydrogen-bond donors (Lipinski definition) is 2. The molecule has 0 fully saturated rings. The third kappa shape index (κ3) is 5.39. The number of carbonyl (C=O) groups is 1. The van der Waals surface area contributed by atoms with Crippen molar-refractivity contribution >= 4 is 17.3 Å². The molecule has 1 aromatic heterocycles. The van der Waals surface area contributed by atoms with Crippen LogP contribution >= 0.6 is 0 Å². The van der Waals surface area contributed by atoms with Gasteiger partial charge >= 0.3 is 0 Å². The molecule has 3 rings (SSSR count). The Labute approximate surface area is 166 Å². The maximum Gasteiger partial charge on any atom is 0.270 e. The van der Waals surface area contributed by atoms with Gasteiger partial charge in [0.2, 0.25) is 5.91 Å². The van der Waals surface area contributed by atoms with Crippen LogP contribution in [-0.4, -0.2) is 38.2 Å². The van der Waals surface area contributed by atoms with Crippen LogP contribution in [0.4, 0.5) is 11.4 Å². The molecule has 1 amide bonds. The lowest BCUT2D eigenvalue weighted by atomic mass is 10.2. The third-order valence-corrected chi connectivity index (χ3v) is 4.06. The van der Waals surface area contributed by atoms with Gasteiger partial charge in [-0.2, -0.15) is 0 Å². The first-order valence-electron chi connectivity index (χ1n) is 8.87. The molecule has 0 bridgehead atoms. The molecule has 0 aliphatic rings. The summed E-state index contributed by atoms with van der Waals surface area (Å²) in [4.78, 5) is 25.8. The zero-order valence-corrected chi connectivity index (χ0v) is 15.7. The maximum absolute atomic E-state index is 11.0. The zero-order valence-electron chi connectivity index (χ0n) is 15.7. The molecule has 0 aliphatic heterocycles. The van der Waals surface area contributed by atoms with Crippen molar-refractivity contribution < 1.29 is 19.6 Å². The Morgan fingerprint density at radius 1 is 1.31 bits per heavy atom. The van der Waals surface area contributed by atoms with Gasteiger partial charge in [-0.25, -0.2) is 4.98 Å². The molecule has 0 spiro atoms. The number of benzene rings is 2. The highest BCUT2D eigenvalue weighted by molar-refractivity contribution is 5.88. The Morgan fingerprint density at radius 2 is 2.07 bits per heavy atom. The number of nitro benzene ring substituents is 1. The summed E-state index contributed by atoms with van der Waals surface area (Å²) in [5, 5.41) is 24.0. The number of nitrogens with one attached hydrogen (secondary N) is 1. The predicted octanol–water partition coefficient (Wildman–Crippen LogP) is 2.86. The Hall–Kier alpha value is -3.72. The minimum absolute atomic E-state index is 0.0244. The van der Waals surface area contributed by atoms with Crippen LogP contribution in [-0.2, 0) is 11.3 Å². The third-order valence-electron chi connectivity index (χ3n) is 4.06. The summed E-state index contributed by atoms with van der Waals surface area (Å²) < 4.78 is 7.30. The van der Waals surface area contributed by atoms with Crippen molar-refractivity contribution in [3.8, 4) is 17.1 Å². The summed E-state index contributed by atoms with van der Waals surface area (Å²) in [6, 6.07) is 13.0. The van der Waals surface area contributed by atoms with Crippen molar-refractivity contribution in [2.75, 3.05) is 11.9 Å². The SMILES string of the molecule is CC(=O)Nc1ccc(OCC(O)Cn2ccnc2-c2cccc([N+](=O)[O-])c2)cc1. The minimum atomic E-state index is -0.823. The molecule has 29 heavy (non-hydrogen) atoms. The number of nitro groups is 1. The monoisotopic (exact) mass is 396 g/mol. The van der Waals surface area contributed by atoms with Crippen LogP contribution in [0, 0.1) is 10.1 Å². The van der Waals surface area contributed by atoms with E-state index in [2.05, 4.69) is 10.3 Å². The van der Waals surface area contributed by atoms with E-state index in [1.807, 2.05) is 0 Å². The summed E-state index contributed by atoms with van der Waals surface area (Å²) in [5.74, 6) is 0.920. The lowest BCUT2D eigenvalue weighted by Gasteiger charge is -2.15. The van der Waals surface area contributed by atoms with Gasteiger partial charge in [-0.1, -0.05) is 12.1 Å². The molecule has 1 atom stereocenters. The van der Waals surface area contributed by atoms with E-state index in [0.29, 0.717) is 22.8 Å². The fourth-order valence-corrected chi connectivity index (χ4v) is 2.79. The van der Waals surface area contributed by atoms with E-state index < -0.39 is 11.0 Å². The Morgan fingerprint density at radius 3 is 2.76 bits per heavy atom. The Bertz CT molecular complexity index is 1000. The van der Waals surface area contributed by atoms with E-state index in [1.165, 1.54) is 19.1 Å². The zero-order chi connectivity index (χ0) is 20.8. The lowest BCUT2D eigenvalue weighted by Crippen LogP contribution is -2.23. The quantitative estimate of drug-likeness (QED) is 0.446. The highest BCUT2D eigenvalue weighted by Gasteiger charge is 2.14. The Kier molecular flexibility index (Phi) is 6.20. The van der Waals surface area contributed by atoms with Gasteiger partial charge in [0, 0.05) is 42.7 Å². The number of aliphatic hydroxyl groups is 1. The van der Waals surface area contributed by atoms with Crippen LogP contribution in [0.3, 0.4) is 0 Å². The second kappa shape index (κ2) is 8.98. The van der Waals surface area contributed by atoms with Crippen LogP contribution in [0.5, 0.6) is 5.75 Å². The molecule has 9 heteroatoms. The molecule has 2 N–H and O–H groups in total. The minimum Gasteiger partial charge on any atom is -0.491 e. The fraction of sp³-hybridized carbons (Fsp3) is 0.200. The van der Waals surface area contributed by atoms with Crippen molar-refractivity contribution in [2.45, 2.75) is 19.6 Å². The Balaban J connectivity index is 1.61. The summed E-state index contributed by atoms with van der Waals surface area (Å²) in [5.41, 5.74) is 1.22. The van der Waals surface area contributed by atoms with Crippen LogP contribution in [0.2, 0.25) is 0 Å². The number of aliphatic hydroxyl groups excluding tert-OH is 1. The first-order valence-corrected chi connectivity index (χ1v) is 8.87. The lowest BCUT2D eigenvalue weighted by molar-refractivity contribution is -0.384. The molecule has 1 heterocycles. The molecule has 0 radical (unpaired) electrons. The van der Waals surface area contributed by atoms with E-state index in [0.717, 1.165) is 0 Å². The highest BCUT2D eigenvalue weighted by atomic mass is 16.6. The molecule has 2 aromatic carbocycles. The number of non-ortho nitro benzene ring substituents is 1. The summed E-state index contributed by atoms with van der Waals surface area (Å²) >= 11 is 0. The number of imidazole rings is 1. The number of aromatic nitrogens is 2. The average Bonchev–Trinajstić information content (AvgIpc) is 3.15. The van der Waals surface area contributed by atoms with Gasteiger partial charge in [0.1, 0.15) is 24.3 Å². The number of amides is 1. The number of nitrogens with zero attached hydrogens (tertiary/aromatic N) is 3. The van der Waals surface area contributed by atoms with E-state index >= 15 is 0 Å². The van der Waals surface area contributed by atoms with Gasteiger partial charge in [-0.3, -0.25) is 14.9 Å². The molecular formula is C20H20N4O5. The standard InChI is InChI=1S/C20H20N4O5/c1-14(25)22-16-5-7-19(8-6-16)29-13-18(26)12-23-10-9-21-20(23)15-3-2-4-17(11-15)24(27)28/h2-11,18,26H,12-13H2,1H3,(H,22,25). The summed E-state index contributed by atoms with van der Waals surface area (Å²) in [6.07, 6.45) is 2.44. The largest absolute Gasteiger partial charge is 0.491 e. The molecule has 0 saturated carbocycles. The van der Waals surface area contributed by atoms with Gasteiger partial charge in [-0.05, 0) is 24.3 Å². The number of carbonyl (C=O) groups excluding carboxylic acids is 1. The van der Waals surface area contributed by atoms with Gasteiger partial charge < -0.3 is 19.7 Å².